The van der Waals surface area contributed by atoms with Crippen LogP contribution in [0.25, 0.3) is 0 Å². The minimum atomic E-state index is -0.131. The van der Waals surface area contributed by atoms with Crippen molar-refractivity contribution in [2.24, 2.45) is 0 Å². The van der Waals surface area contributed by atoms with Gasteiger partial charge < -0.3 is 10.0 Å². The number of rotatable bonds is 2. The van der Waals surface area contributed by atoms with Crippen molar-refractivity contribution in [3.05, 3.63) is 17.6 Å². The molecule has 3 rings (SSSR count). The van der Waals surface area contributed by atoms with Crippen LogP contribution in [0.4, 0.5) is 5.82 Å². The summed E-state index contributed by atoms with van der Waals surface area (Å²) >= 11 is 0. The molecule has 2 heterocycles. The van der Waals surface area contributed by atoms with E-state index in [1.165, 1.54) is 12.8 Å². The maximum absolute atomic E-state index is 10.2. The Balaban J connectivity index is 1.62. The van der Waals surface area contributed by atoms with E-state index in [2.05, 4.69) is 25.8 Å². The lowest BCUT2D eigenvalue weighted by Gasteiger charge is -2.43. The van der Waals surface area contributed by atoms with Crippen molar-refractivity contribution in [1.82, 2.24) is 14.9 Å². The smallest absolute Gasteiger partial charge is 0.132 e. The minimum absolute atomic E-state index is 0.131. The van der Waals surface area contributed by atoms with E-state index in [4.69, 9.17) is 0 Å². The monoisotopic (exact) mass is 290 g/mol. The van der Waals surface area contributed by atoms with Crippen LogP contribution in [0.2, 0.25) is 0 Å². The van der Waals surface area contributed by atoms with Gasteiger partial charge in [-0.25, -0.2) is 9.97 Å². The third-order valence-corrected chi connectivity index (χ3v) is 4.75. The van der Waals surface area contributed by atoms with Gasteiger partial charge in [-0.05, 0) is 26.7 Å². The second-order valence-corrected chi connectivity index (χ2v) is 6.36. The summed E-state index contributed by atoms with van der Waals surface area (Å²) in [6.45, 7) is 7.98. The summed E-state index contributed by atoms with van der Waals surface area (Å²) in [7, 11) is 0. The molecule has 1 aromatic heterocycles. The molecule has 21 heavy (non-hydrogen) atoms. The van der Waals surface area contributed by atoms with E-state index in [0.717, 1.165) is 56.4 Å². The van der Waals surface area contributed by atoms with Gasteiger partial charge in [-0.15, -0.1) is 0 Å². The number of aliphatic hydroxyl groups excluding tert-OH is 1. The highest BCUT2D eigenvalue weighted by atomic mass is 16.3. The van der Waals surface area contributed by atoms with E-state index in [-0.39, 0.29) is 6.10 Å². The summed E-state index contributed by atoms with van der Waals surface area (Å²) in [6.07, 6.45) is 4.42. The highest BCUT2D eigenvalue weighted by Gasteiger charge is 2.31. The Hall–Kier alpha value is -1.20. The lowest BCUT2D eigenvalue weighted by Crippen LogP contribution is -2.54. The number of nitrogens with zero attached hydrogens (tertiary/aromatic N) is 4. The van der Waals surface area contributed by atoms with Gasteiger partial charge in [0.15, 0.2) is 0 Å². The zero-order valence-electron chi connectivity index (χ0n) is 13.1. The second-order valence-electron chi connectivity index (χ2n) is 6.36. The molecule has 0 amide bonds. The van der Waals surface area contributed by atoms with Crippen molar-refractivity contribution in [1.29, 1.82) is 0 Å². The molecule has 0 spiro atoms. The number of hydrogen-bond acceptors (Lipinski definition) is 5. The first-order chi connectivity index (χ1) is 10.1. The largest absolute Gasteiger partial charge is 0.391 e. The Morgan fingerprint density at radius 1 is 1.05 bits per heavy atom. The van der Waals surface area contributed by atoms with Crippen LogP contribution in [-0.2, 0) is 0 Å². The number of hydrogen-bond donors (Lipinski definition) is 1. The lowest BCUT2D eigenvalue weighted by atomic mass is 9.91. The molecule has 0 bridgehead atoms. The Kier molecular flexibility index (Phi) is 4.40. The molecule has 5 nitrogen and oxygen atoms in total. The number of aromatic nitrogens is 2. The van der Waals surface area contributed by atoms with E-state index in [1.807, 2.05) is 13.8 Å². The van der Waals surface area contributed by atoms with Crippen molar-refractivity contribution in [2.75, 3.05) is 31.1 Å². The Morgan fingerprint density at radius 2 is 1.76 bits per heavy atom. The predicted octanol–water partition coefficient (Wildman–Crippen LogP) is 1.52. The Morgan fingerprint density at radius 3 is 2.43 bits per heavy atom. The molecule has 116 valence electrons. The number of aryl methyl sites for hydroxylation is 2. The zero-order valence-corrected chi connectivity index (χ0v) is 13.1. The van der Waals surface area contributed by atoms with E-state index >= 15 is 0 Å². The standard InChI is InChI=1S/C16H26N4O/c1-12-11-16(18-13(2)17-12)20-9-7-19(8-10-20)14-5-3-4-6-15(14)21/h11,14-15,21H,3-10H2,1-2H3. The Labute approximate surface area is 127 Å². The molecule has 5 heteroatoms. The molecule has 1 aromatic rings. The molecule has 2 unspecified atom stereocenters. The van der Waals surface area contributed by atoms with Gasteiger partial charge in [0, 0.05) is 44.0 Å². The second kappa shape index (κ2) is 6.28. The van der Waals surface area contributed by atoms with Crippen LogP contribution in [0, 0.1) is 13.8 Å². The van der Waals surface area contributed by atoms with E-state index in [0.29, 0.717) is 6.04 Å². The van der Waals surface area contributed by atoms with E-state index < -0.39 is 0 Å². The summed E-state index contributed by atoms with van der Waals surface area (Å²) < 4.78 is 0. The van der Waals surface area contributed by atoms with E-state index in [9.17, 15) is 5.11 Å². The van der Waals surface area contributed by atoms with Gasteiger partial charge in [0.1, 0.15) is 11.6 Å². The molecule has 2 aliphatic rings. The van der Waals surface area contributed by atoms with Crippen molar-refractivity contribution in [3.8, 4) is 0 Å². The molecular weight excluding hydrogens is 264 g/mol. The first kappa shape index (κ1) is 14.7. The first-order valence-electron chi connectivity index (χ1n) is 8.13. The van der Waals surface area contributed by atoms with Crippen molar-refractivity contribution >= 4 is 5.82 Å². The molecule has 0 radical (unpaired) electrons. The fourth-order valence-electron chi connectivity index (χ4n) is 3.66. The van der Waals surface area contributed by atoms with Crippen LogP contribution in [0.1, 0.15) is 37.2 Å². The minimum Gasteiger partial charge on any atom is -0.391 e. The topological polar surface area (TPSA) is 52.5 Å². The van der Waals surface area contributed by atoms with E-state index in [1.54, 1.807) is 0 Å². The van der Waals surface area contributed by atoms with Crippen LogP contribution in [0.5, 0.6) is 0 Å². The van der Waals surface area contributed by atoms with Gasteiger partial charge in [0.25, 0.3) is 0 Å². The molecule has 2 fully saturated rings. The SMILES string of the molecule is Cc1cc(N2CCN(C3CCCCC3O)CC2)nc(C)n1. The van der Waals surface area contributed by atoms with Gasteiger partial charge in [0.2, 0.25) is 0 Å². The highest BCUT2D eigenvalue weighted by molar-refractivity contribution is 5.40. The normalized spacial score (nSPS) is 27.9. The molecular formula is C16H26N4O. The third kappa shape index (κ3) is 3.35. The van der Waals surface area contributed by atoms with Crippen LogP contribution >= 0.6 is 0 Å². The van der Waals surface area contributed by atoms with Crippen molar-refractivity contribution < 1.29 is 5.11 Å². The predicted molar refractivity (Wildman–Crippen MR) is 83.6 cm³/mol. The van der Waals surface area contributed by atoms with Crippen molar-refractivity contribution in [3.63, 3.8) is 0 Å². The van der Waals surface area contributed by atoms with Gasteiger partial charge >= 0.3 is 0 Å². The summed E-state index contributed by atoms with van der Waals surface area (Å²) in [5.41, 5.74) is 1.03. The number of piperazine rings is 1. The van der Waals surface area contributed by atoms with Crippen LogP contribution in [0.15, 0.2) is 6.07 Å². The summed E-state index contributed by atoms with van der Waals surface area (Å²) in [4.78, 5) is 13.7. The maximum Gasteiger partial charge on any atom is 0.132 e. The molecule has 1 saturated heterocycles. The zero-order chi connectivity index (χ0) is 14.8. The van der Waals surface area contributed by atoms with Gasteiger partial charge in [-0.1, -0.05) is 12.8 Å². The van der Waals surface area contributed by atoms with Crippen molar-refractivity contribution in [2.45, 2.75) is 51.7 Å². The molecule has 1 saturated carbocycles. The average molecular weight is 290 g/mol. The molecule has 2 atom stereocenters. The summed E-state index contributed by atoms with van der Waals surface area (Å²) in [5.74, 6) is 1.89. The average Bonchev–Trinajstić information content (AvgIpc) is 2.47. The fourth-order valence-corrected chi connectivity index (χ4v) is 3.66. The molecule has 1 aliphatic heterocycles. The van der Waals surface area contributed by atoms with Crippen LogP contribution in [-0.4, -0.2) is 58.3 Å². The Bertz CT molecular complexity index is 465. The fraction of sp³-hybridized carbons (Fsp3) is 0.750. The van der Waals surface area contributed by atoms with Gasteiger partial charge in [0.05, 0.1) is 6.10 Å². The van der Waals surface area contributed by atoms with Gasteiger partial charge in [-0.3, -0.25) is 4.90 Å². The summed E-state index contributed by atoms with van der Waals surface area (Å²) in [5, 5.41) is 10.2. The number of anilines is 1. The van der Waals surface area contributed by atoms with Crippen LogP contribution < -0.4 is 4.90 Å². The first-order valence-corrected chi connectivity index (χ1v) is 8.13. The highest BCUT2D eigenvalue weighted by Crippen LogP contribution is 2.25. The molecule has 1 N–H and O–H groups in total. The molecule has 0 aromatic carbocycles. The van der Waals surface area contributed by atoms with Gasteiger partial charge in [-0.2, -0.15) is 0 Å². The quantitative estimate of drug-likeness (QED) is 0.895. The van der Waals surface area contributed by atoms with Crippen LogP contribution in [0.3, 0.4) is 0 Å². The molecule has 1 aliphatic carbocycles. The summed E-state index contributed by atoms with van der Waals surface area (Å²) in [6, 6.07) is 2.44. The maximum atomic E-state index is 10.2. The lowest BCUT2D eigenvalue weighted by molar-refractivity contribution is 0.0172. The number of aliphatic hydroxyl groups is 1. The third-order valence-electron chi connectivity index (χ3n) is 4.75.